The van der Waals surface area contributed by atoms with Crippen molar-refractivity contribution in [2.24, 2.45) is 0 Å². The minimum Gasteiger partial charge on any atom is -0.321 e. The van der Waals surface area contributed by atoms with Gasteiger partial charge in [0, 0.05) is 22.7 Å². The molecule has 0 heterocycles. The molecule has 1 N–H and O–H groups in total. The van der Waals surface area contributed by atoms with Gasteiger partial charge in [0.2, 0.25) is 0 Å². The highest BCUT2D eigenvalue weighted by atomic mass is 35.5. The van der Waals surface area contributed by atoms with Gasteiger partial charge in [0.15, 0.2) is 0 Å². The topological polar surface area (TPSA) is 72.2 Å². The summed E-state index contributed by atoms with van der Waals surface area (Å²) in [4.78, 5) is 22.5. The number of non-ortho nitro benzene ring substituents is 1. The van der Waals surface area contributed by atoms with Crippen molar-refractivity contribution in [1.82, 2.24) is 0 Å². The monoisotopic (exact) mass is 324 g/mol. The van der Waals surface area contributed by atoms with Gasteiger partial charge in [-0.25, -0.2) is 0 Å². The molecule has 0 aliphatic rings. The van der Waals surface area contributed by atoms with E-state index in [-0.39, 0.29) is 11.3 Å². The smallest absolute Gasteiger partial charge is 0.270 e. The van der Waals surface area contributed by atoms with Gasteiger partial charge in [-0.2, -0.15) is 0 Å². The van der Waals surface area contributed by atoms with Gasteiger partial charge >= 0.3 is 0 Å². The van der Waals surface area contributed by atoms with Crippen molar-refractivity contribution in [2.45, 2.75) is 6.92 Å². The van der Waals surface area contributed by atoms with Crippen LogP contribution in [0.3, 0.4) is 0 Å². The number of nitro benzene ring substituents is 1. The first-order valence-electron chi connectivity index (χ1n) is 5.90. The van der Waals surface area contributed by atoms with Crippen molar-refractivity contribution in [3.8, 4) is 0 Å². The summed E-state index contributed by atoms with van der Waals surface area (Å²) in [6, 6.07) is 8.75. The maximum Gasteiger partial charge on any atom is 0.270 e. The lowest BCUT2D eigenvalue weighted by atomic mass is 10.1. The number of rotatable bonds is 3. The summed E-state index contributed by atoms with van der Waals surface area (Å²) in [5.74, 6) is -0.486. The third kappa shape index (κ3) is 3.51. The molecule has 2 aromatic rings. The molecule has 0 aliphatic heterocycles. The minimum atomic E-state index is -0.553. The molecular formula is C14H10Cl2N2O3. The Bertz CT molecular complexity index is 732. The maximum atomic E-state index is 12.2. The van der Waals surface area contributed by atoms with E-state index in [1.54, 1.807) is 19.1 Å². The fraction of sp³-hybridized carbons (Fsp3) is 0.0714. The third-order valence-electron chi connectivity index (χ3n) is 2.85. The standard InChI is InChI=1S/C14H10Cl2N2O3/c1-8-2-4-10(18(20)21)7-11(8)14(19)17-13-6-9(15)3-5-12(13)16/h2-7H,1H3,(H,17,19). The van der Waals surface area contributed by atoms with E-state index >= 15 is 0 Å². The Labute approximate surface area is 130 Å². The molecule has 0 saturated carbocycles. The number of amides is 1. The quantitative estimate of drug-likeness (QED) is 0.669. The Kier molecular flexibility index (Phi) is 4.45. The fourth-order valence-corrected chi connectivity index (χ4v) is 2.09. The largest absolute Gasteiger partial charge is 0.321 e. The number of anilines is 1. The summed E-state index contributed by atoms with van der Waals surface area (Å²) >= 11 is 11.8. The van der Waals surface area contributed by atoms with E-state index < -0.39 is 10.8 Å². The van der Waals surface area contributed by atoms with E-state index in [0.29, 0.717) is 21.3 Å². The molecule has 7 heteroatoms. The molecule has 0 aromatic heterocycles. The van der Waals surface area contributed by atoms with Crippen LogP contribution >= 0.6 is 23.2 Å². The summed E-state index contributed by atoms with van der Waals surface area (Å²) in [5, 5.41) is 14.1. The zero-order valence-electron chi connectivity index (χ0n) is 10.9. The molecule has 0 fully saturated rings. The number of carbonyl (C=O) groups is 1. The van der Waals surface area contributed by atoms with Crippen LogP contribution in [0.2, 0.25) is 10.0 Å². The zero-order valence-corrected chi connectivity index (χ0v) is 12.4. The first-order chi connectivity index (χ1) is 9.88. The molecule has 0 unspecified atom stereocenters. The number of hydrogen-bond acceptors (Lipinski definition) is 3. The van der Waals surface area contributed by atoms with Gasteiger partial charge in [-0.05, 0) is 30.7 Å². The highest BCUT2D eigenvalue weighted by Gasteiger charge is 2.15. The van der Waals surface area contributed by atoms with Crippen molar-refractivity contribution in [3.63, 3.8) is 0 Å². The number of halogens is 2. The Morgan fingerprint density at radius 1 is 1.19 bits per heavy atom. The number of carbonyl (C=O) groups excluding carboxylic acids is 1. The highest BCUT2D eigenvalue weighted by Crippen LogP contribution is 2.26. The lowest BCUT2D eigenvalue weighted by Crippen LogP contribution is -2.14. The van der Waals surface area contributed by atoms with Gasteiger partial charge < -0.3 is 5.32 Å². The fourth-order valence-electron chi connectivity index (χ4n) is 1.75. The summed E-state index contributed by atoms with van der Waals surface area (Å²) < 4.78 is 0. The maximum absolute atomic E-state index is 12.2. The molecule has 0 bridgehead atoms. The number of nitrogens with one attached hydrogen (secondary N) is 1. The van der Waals surface area contributed by atoms with Crippen molar-refractivity contribution in [3.05, 3.63) is 67.7 Å². The molecule has 0 spiro atoms. The van der Waals surface area contributed by atoms with E-state index in [4.69, 9.17) is 23.2 Å². The Morgan fingerprint density at radius 2 is 1.90 bits per heavy atom. The van der Waals surface area contributed by atoms with Crippen LogP contribution in [0, 0.1) is 17.0 Å². The number of nitrogens with zero attached hydrogens (tertiary/aromatic N) is 1. The normalized spacial score (nSPS) is 10.2. The second-order valence-corrected chi connectivity index (χ2v) is 5.18. The predicted molar refractivity (Wildman–Crippen MR) is 82.2 cm³/mol. The van der Waals surface area contributed by atoms with Gasteiger partial charge in [-0.1, -0.05) is 29.3 Å². The van der Waals surface area contributed by atoms with Crippen LogP contribution in [0.15, 0.2) is 36.4 Å². The molecule has 5 nitrogen and oxygen atoms in total. The van der Waals surface area contributed by atoms with Crippen LogP contribution in [-0.4, -0.2) is 10.8 Å². The summed E-state index contributed by atoms with van der Waals surface area (Å²) in [5.41, 5.74) is 1.03. The summed E-state index contributed by atoms with van der Waals surface area (Å²) in [7, 11) is 0. The van der Waals surface area contributed by atoms with Crippen LogP contribution in [0.5, 0.6) is 0 Å². The number of hydrogen-bond donors (Lipinski definition) is 1. The lowest BCUT2D eigenvalue weighted by molar-refractivity contribution is -0.384. The molecule has 21 heavy (non-hydrogen) atoms. The van der Waals surface area contributed by atoms with E-state index in [0.717, 1.165) is 0 Å². The van der Waals surface area contributed by atoms with E-state index in [9.17, 15) is 14.9 Å². The van der Waals surface area contributed by atoms with Crippen molar-refractivity contribution in [2.75, 3.05) is 5.32 Å². The van der Waals surface area contributed by atoms with Crippen molar-refractivity contribution in [1.29, 1.82) is 0 Å². The van der Waals surface area contributed by atoms with Gasteiger partial charge in [0.1, 0.15) is 0 Å². The van der Waals surface area contributed by atoms with Crippen LogP contribution in [0.4, 0.5) is 11.4 Å². The molecule has 0 atom stereocenters. The molecule has 0 radical (unpaired) electrons. The zero-order chi connectivity index (χ0) is 15.6. The second kappa shape index (κ2) is 6.11. The minimum absolute atomic E-state index is 0.150. The Hall–Kier alpha value is -2.11. The molecule has 1 amide bonds. The molecule has 108 valence electrons. The molecule has 0 saturated heterocycles. The predicted octanol–water partition coefficient (Wildman–Crippen LogP) is 4.46. The number of nitro groups is 1. The first kappa shape index (κ1) is 15.3. The first-order valence-corrected chi connectivity index (χ1v) is 6.65. The highest BCUT2D eigenvalue weighted by molar-refractivity contribution is 6.35. The SMILES string of the molecule is Cc1ccc([N+](=O)[O-])cc1C(=O)Nc1cc(Cl)ccc1Cl. The molecule has 0 aliphatic carbocycles. The summed E-state index contributed by atoms with van der Waals surface area (Å²) in [6.07, 6.45) is 0. The lowest BCUT2D eigenvalue weighted by Gasteiger charge is -2.09. The van der Waals surface area contributed by atoms with E-state index in [2.05, 4.69) is 5.32 Å². The van der Waals surface area contributed by atoms with Gasteiger partial charge in [0.25, 0.3) is 11.6 Å². The molecule has 2 rings (SSSR count). The van der Waals surface area contributed by atoms with Gasteiger partial charge in [-0.3, -0.25) is 14.9 Å². The molecular weight excluding hydrogens is 315 g/mol. The Balaban J connectivity index is 2.34. The third-order valence-corrected chi connectivity index (χ3v) is 3.42. The van der Waals surface area contributed by atoms with E-state index in [1.165, 1.54) is 24.3 Å². The van der Waals surface area contributed by atoms with Crippen LogP contribution in [0.1, 0.15) is 15.9 Å². The Morgan fingerprint density at radius 3 is 2.57 bits per heavy atom. The molecule has 2 aromatic carbocycles. The van der Waals surface area contributed by atoms with Crippen LogP contribution in [-0.2, 0) is 0 Å². The average Bonchev–Trinajstić information content (AvgIpc) is 2.43. The number of aryl methyl sites for hydroxylation is 1. The second-order valence-electron chi connectivity index (χ2n) is 4.33. The van der Waals surface area contributed by atoms with Crippen LogP contribution in [0.25, 0.3) is 0 Å². The van der Waals surface area contributed by atoms with Crippen LogP contribution < -0.4 is 5.32 Å². The van der Waals surface area contributed by atoms with Gasteiger partial charge in [0.05, 0.1) is 15.6 Å². The number of benzene rings is 2. The van der Waals surface area contributed by atoms with Crippen molar-refractivity contribution < 1.29 is 9.72 Å². The summed E-state index contributed by atoms with van der Waals surface area (Å²) in [6.45, 7) is 1.69. The van der Waals surface area contributed by atoms with E-state index in [1.807, 2.05) is 0 Å². The van der Waals surface area contributed by atoms with Crippen molar-refractivity contribution >= 4 is 40.5 Å². The average molecular weight is 325 g/mol. The van der Waals surface area contributed by atoms with Gasteiger partial charge in [-0.15, -0.1) is 0 Å².